The van der Waals surface area contributed by atoms with E-state index in [0.29, 0.717) is 22.9 Å². The highest BCUT2D eigenvalue weighted by Gasteiger charge is 2.26. The van der Waals surface area contributed by atoms with E-state index >= 15 is 0 Å². The minimum Gasteiger partial charge on any atom is -0.391 e. The molecule has 1 fully saturated rings. The number of aryl methyl sites for hydroxylation is 1. The number of aliphatic hydroxyl groups excluding tert-OH is 1. The molecule has 1 aliphatic heterocycles. The molecule has 0 aliphatic carbocycles. The Morgan fingerprint density at radius 2 is 2.08 bits per heavy atom. The Bertz CT molecular complexity index is 822. The van der Waals surface area contributed by atoms with Crippen LogP contribution in [0.4, 0.5) is 5.69 Å². The summed E-state index contributed by atoms with van der Waals surface area (Å²) in [5.74, 6) is 0.239. The summed E-state index contributed by atoms with van der Waals surface area (Å²) in [6.07, 6.45) is 1.97. The Kier molecular flexibility index (Phi) is 4.85. The van der Waals surface area contributed by atoms with Crippen LogP contribution in [0.2, 0.25) is 10.0 Å². The smallest absolute Gasteiger partial charge is 0.292 e. The van der Waals surface area contributed by atoms with Gasteiger partial charge in [0.1, 0.15) is 5.02 Å². The fourth-order valence-corrected chi connectivity index (χ4v) is 3.23. The molecular formula is C17H19Cl2N3O2. The highest BCUT2D eigenvalue weighted by atomic mass is 35.5. The van der Waals surface area contributed by atoms with Gasteiger partial charge in [-0.3, -0.25) is 4.79 Å². The zero-order valence-electron chi connectivity index (χ0n) is 13.5. The number of nitrogens with zero attached hydrogens (tertiary/aromatic N) is 3. The van der Waals surface area contributed by atoms with Crippen molar-refractivity contribution in [3.8, 4) is 5.69 Å². The quantitative estimate of drug-likeness (QED) is 0.885. The van der Waals surface area contributed by atoms with E-state index < -0.39 is 11.7 Å². The second-order valence-corrected chi connectivity index (χ2v) is 7.06. The number of hydrogen-bond donors (Lipinski definition) is 1. The molecule has 0 saturated carbocycles. The van der Waals surface area contributed by atoms with Crippen molar-refractivity contribution in [2.75, 3.05) is 18.0 Å². The normalized spacial score (nSPS) is 21.1. The molecule has 0 spiro atoms. The molecule has 1 aliphatic rings. The molecule has 1 N–H and O–H groups in total. The molecule has 0 radical (unpaired) electrons. The lowest BCUT2D eigenvalue weighted by atomic mass is 9.96. The van der Waals surface area contributed by atoms with Crippen molar-refractivity contribution in [2.45, 2.75) is 26.4 Å². The standard InChI is InChI=1S/C17H19Cl2N3O2/c1-10-3-4-12(7-13(10)18)22-17(24)16(19)14(8-20-22)21-6-5-11(2)15(23)9-21/h3-4,7-8,11,15,23H,5-6,9H2,1-2H3. The maximum atomic E-state index is 12.6. The van der Waals surface area contributed by atoms with E-state index in [2.05, 4.69) is 5.10 Å². The Labute approximate surface area is 150 Å². The highest BCUT2D eigenvalue weighted by Crippen LogP contribution is 2.27. The van der Waals surface area contributed by atoms with Crippen molar-refractivity contribution in [3.05, 3.63) is 50.4 Å². The number of hydrogen-bond acceptors (Lipinski definition) is 4. The summed E-state index contributed by atoms with van der Waals surface area (Å²) >= 11 is 12.4. The van der Waals surface area contributed by atoms with E-state index in [1.165, 1.54) is 4.68 Å². The van der Waals surface area contributed by atoms with Gasteiger partial charge in [0.15, 0.2) is 0 Å². The Morgan fingerprint density at radius 3 is 2.75 bits per heavy atom. The van der Waals surface area contributed by atoms with Gasteiger partial charge in [-0.15, -0.1) is 0 Å². The zero-order valence-corrected chi connectivity index (χ0v) is 15.1. The topological polar surface area (TPSA) is 58.4 Å². The molecular weight excluding hydrogens is 349 g/mol. The third-order valence-electron chi connectivity index (χ3n) is 4.56. The number of piperidine rings is 1. The summed E-state index contributed by atoms with van der Waals surface area (Å²) in [6.45, 7) is 5.09. The lowest BCUT2D eigenvalue weighted by Crippen LogP contribution is -2.43. The number of rotatable bonds is 2. The van der Waals surface area contributed by atoms with Gasteiger partial charge in [0.2, 0.25) is 0 Å². The predicted molar refractivity (Wildman–Crippen MR) is 96.6 cm³/mol. The average Bonchev–Trinajstić information content (AvgIpc) is 2.55. The van der Waals surface area contributed by atoms with Gasteiger partial charge in [-0.2, -0.15) is 9.78 Å². The van der Waals surface area contributed by atoms with Gasteiger partial charge < -0.3 is 10.0 Å². The van der Waals surface area contributed by atoms with Crippen LogP contribution in [0.1, 0.15) is 18.9 Å². The van der Waals surface area contributed by atoms with Crippen LogP contribution < -0.4 is 10.5 Å². The first-order valence-corrected chi connectivity index (χ1v) is 8.61. The summed E-state index contributed by atoms with van der Waals surface area (Å²) in [7, 11) is 0. The largest absolute Gasteiger partial charge is 0.391 e. The summed E-state index contributed by atoms with van der Waals surface area (Å²) in [6, 6.07) is 5.29. The van der Waals surface area contributed by atoms with E-state index in [0.717, 1.165) is 18.5 Å². The summed E-state index contributed by atoms with van der Waals surface area (Å²) in [4.78, 5) is 14.5. The van der Waals surface area contributed by atoms with E-state index in [1.807, 2.05) is 24.8 Å². The third kappa shape index (κ3) is 3.16. The number of β-amino-alcohol motifs (C(OH)–C–C–N with tert-alkyl or cyclic N) is 1. The van der Waals surface area contributed by atoms with Gasteiger partial charge in [-0.25, -0.2) is 0 Å². The van der Waals surface area contributed by atoms with Crippen LogP contribution in [-0.2, 0) is 0 Å². The molecule has 2 atom stereocenters. The SMILES string of the molecule is Cc1ccc(-n2ncc(N3CCC(C)C(O)C3)c(Cl)c2=O)cc1Cl. The van der Waals surface area contributed by atoms with Crippen LogP contribution in [-0.4, -0.2) is 34.1 Å². The fourth-order valence-electron chi connectivity index (χ4n) is 2.81. The molecule has 7 heteroatoms. The monoisotopic (exact) mass is 367 g/mol. The van der Waals surface area contributed by atoms with E-state index in [9.17, 15) is 9.90 Å². The molecule has 1 aromatic carbocycles. The van der Waals surface area contributed by atoms with E-state index in [1.54, 1.807) is 18.3 Å². The van der Waals surface area contributed by atoms with Crippen LogP contribution in [0.25, 0.3) is 5.69 Å². The molecule has 1 aromatic heterocycles. The van der Waals surface area contributed by atoms with Gasteiger partial charge in [0.25, 0.3) is 5.56 Å². The zero-order chi connectivity index (χ0) is 17.4. The van der Waals surface area contributed by atoms with Crippen molar-refractivity contribution in [3.63, 3.8) is 0 Å². The average molecular weight is 368 g/mol. The third-order valence-corrected chi connectivity index (χ3v) is 5.32. The molecule has 1 saturated heterocycles. The van der Waals surface area contributed by atoms with Crippen molar-refractivity contribution in [1.82, 2.24) is 9.78 Å². The Morgan fingerprint density at radius 1 is 1.33 bits per heavy atom. The summed E-state index contributed by atoms with van der Waals surface area (Å²) < 4.78 is 1.24. The number of aliphatic hydroxyl groups is 1. The van der Waals surface area contributed by atoms with Gasteiger partial charge >= 0.3 is 0 Å². The summed E-state index contributed by atoms with van der Waals surface area (Å²) in [5.41, 5.74) is 1.65. The van der Waals surface area contributed by atoms with Crippen molar-refractivity contribution >= 4 is 28.9 Å². The first-order valence-electron chi connectivity index (χ1n) is 7.86. The molecule has 3 rings (SSSR count). The summed E-state index contributed by atoms with van der Waals surface area (Å²) in [5, 5.41) is 15.0. The molecule has 2 unspecified atom stereocenters. The second kappa shape index (κ2) is 6.75. The van der Waals surface area contributed by atoms with Crippen molar-refractivity contribution in [1.29, 1.82) is 0 Å². The second-order valence-electron chi connectivity index (χ2n) is 6.27. The Hall–Kier alpha value is -1.56. The number of benzene rings is 1. The number of aromatic nitrogens is 2. The van der Waals surface area contributed by atoms with Gasteiger partial charge in [0.05, 0.1) is 23.7 Å². The van der Waals surface area contributed by atoms with Crippen molar-refractivity contribution in [2.24, 2.45) is 5.92 Å². The molecule has 0 amide bonds. The first-order chi connectivity index (χ1) is 11.4. The molecule has 128 valence electrons. The van der Waals surface area contributed by atoms with Crippen LogP contribution in [0.5, 0.6) is 0 Å². The molecule has 2 heterocycles. The van der Waals surface area contributed by atoms with Crippen LogP contribution >= 0.6 is 23.2 Å². The molecule has 2 aromatic rings. The molecule has 0 bridgehead atoms. The van der Waals surface area contributed by atoms with Gasteiger partial charge in [-0.05, 0) is 37.0 Å². The lowest BCUT2D eigenvalue weighted by molar-refractivity contribution is 0.103. The Balaban J connectivity index is 1.97. The van der Waals surface area contributed by atoms with Crippen LogP contribution in [0, 0.1) is 12.8 Å². The van der Waals surface area contributed by atoms with Gasteiger partial charge in [0, 0.05) is 18.1 Å². The lowest BCUT2D eigenvalue weighted by Gasteiger charge is -2.35. The molecule has 5 nitrogen and oxygen atoms in total. The maximum absolute atomic E-state index is 12.6. The fraction of sp³-hybridized carbons (Fsp3) is 0.412. The number of halogens is 2. The van der Waals surface area contributed by atoms with Gasteiger partial charge in [-0.1, -0.05) is 36.2 Å². The minimum absolute atomic E-state index is 0.100. The number of anilines is 1. The maximum Gasteiger partial charge on any atom is 0.292 e. The predicted octanol–water partition coefficient (Wildman–Crippen LogP) is 3.05. The minimum atomic E-state index is -0.437. The highest BCUT2D eigenvalue weighted by molar-refractivity contribution is 6.33. The van der Waals surface area contributed by atoms with Crippen LogP contribution in [0.3, 0.4) is 0 Å². The molecule has 24 heavy (non-hydrogen) atoms. The first kappa shape index (κ1) is 17.3. The van der Waals surface area contributed by atoms with Crippen LogP contribution in [0.15, 0.2) is 29.2 Å². The van der Waals surface area contributed by atoms with E-state index in [4.69, 9.17) is 23.2 Å². The van der Waals surface area contributed by atoms with Crippen molar-refractivity contribution < 1.29 is 5.11 Å². The van der Waals surface area contributed by atoms with E-state index in [-0.39, 0.29) is 10.9 Å².